The monoisotopic (exact) mass is 332 g/mol. The summed E-state index contributed by atoms with van der Waals surface area (Å²) in [6.45, 7) is 8.10. The van der Waals surface area contributed by atoms with Crippen molar-refractivity contribution in [3.8, 4) is 5.88 Å². The van der Waals surface area contributed by atoms with E-state index in [-0.39, 0.29) is 17.6 Å². The quantitative estimate of drug-likeness (QED) is 0.799. The fourth-order valence-corrected chi connectivity index (χ4v) is 2.16. The van der Waals surface area contributed by atoms with Crippen LogP contribution in [0.4, 0.5) is 0 Å². The second-order valence-electron chi connectivity index (χ2n) is 5.94. The summed E-state index contributed by atoms with van der Waals surface area (Å²) in [6, 6.07) is 3.28. The lowest BCUT2D eigenvalue weighted by atomic mass is 10.1. The zero-order valence-corrected chi connectivity index (χ0v) is 14.6. The molecule has 0 bridgehead atoms. The predicted octanol–water partition coefficient (Wildman–Crippen LogP) is 2.83. The number of nitrogens with one attached hydrogen (secondary N) is 1. The van der Waals surface area contributed by atoms with Gasteiger partial charge in [0.05, 0.1) is 11.3 Å². The van der Waals surface area contributed by atoms with E-state index >= 15 is 0 Å². The molecule has 7 nitrogen and oxygen atoms in total. The first-order valence-corrected chi connectivity index (χ1v) is 8.22. The molecule has 2 heterocycles. The summed E-state index contributed by atoms with van der Waals surface area (Å²) in [5.41, 5.74) is 2.14. The summed E-state index contributed by atoms with van der Waals surface area (Å²) in [4.78, 5) is 11.8. The molecule has 0 unspecified atom stereocenters. The van der Waals surface area contributed by atoms with Crippen LogP contribution < -0.4 is 10.1 Å². The summed E-state index contributed by atoms with van der Waals surface area (Å²) < 4.78 is 10.9. The number of aryl methyl sites for hydroxylation is 2. The van der Waals surface area contributed by atoms with Crippen molar-refractivity contribution in [3.63, 3.8) is 0 Å². The second kappa shape index (κ2) is 8.42. The van der Waals surface area contributed by atoms with Crippen molar-refractivity contribution in [1.29, 1.82) is 0 Å². The molecule has 2 aromatic heterocycles. The fourth-order valence-electron chi connectivity index (χ4n) is 2.16. The molecule has 1 amide bonds. The number of amides is 1. The van der Waals surface area contributed by atoms with Gasteiger partial charge in [0.15, 0.2) is 5.69 Å². The number of hydrogen-bond donors (Lipinski definition) is 1. The van der Waals surface area contributed by atoms with Crippen molar-refractivity contribution in [1.82, 2.24) is 20.7 Å². The molecule has 0 saturated carbocycles. The van der Waals surface area contributed by atoms with Crippen LogP contribution in [0.5, 0.6) is 5.88 Å². The Bertz CT molecular complexity index is 665. The van der Waals surface area contributed by atoms with E-state index in [2.05, 4.69) is 27.6 Å². The number of carbonyl (C=O) groups excluding carboxylic acids is 1. The summed E-state index contributed by atoms with van der Waals surface area (Å²) in [5, 5.41) is 14.7. The van der Waals surface area contributed by atoms with Gasteiger partial charge in [-0.25, -0.2) is 0 Å². The van der Waals surface area contributed by atoms with Gasteiger partial charge < -0.3 is 14.6 Å². The summed E-state index contributed by atoms with van der Waals surface area (Å²) in [6.07, 6.45) is 3.02. The smallest absolute Gasteiger partial charge is 0.272 e. The molecule has 0 fully saturated rings. The van der Waals surface area contributed by atoms with E-state index in [0.717, 1.165) is 36.3 Å². The van der Waals surface area contributed by atoms with E-state index < -0.39 is 0 Å². The molecule has 0 radical (unpaired) electrons. The van der Waals surface area contributed by atoms with E-state index in [1.807, 2.05) is 20.8 Å². The van der Waals surface area contributed by atoms with Crippen molar-refractivity contribution < 1.29 is 14.1 Å². The highest BCUT2D eigenvalue weighted by Gasteiger charge is 2.14. The van der Waals surface area contributed by atoms with Gasteiger partial charge in [-0.05, 0) is 39.7 Å². The summed E-state index contributed by atoms with van der Waals surface area (Å²) in [7, 11) is 0. The number of aromatic nitrogens is 3. The van der Waals surface area contributed by atoms with Gasteiger partial charge in [0.25, 0.3) is 5.91 Å². The minimum atomic E-state index is -0.249. The third kappa shape index (κ3) is 4.78. The van der Waals surface area contributed by atoms with Crippen molar-refractivity contribution in [2.45, 2.75) is 59.6 Å². The molecule has 0 aliphatic rings. The molecule has 24 heavy (non-hydrogen) atoms. The average Bonchev–Trinajstić information content (AvgIpc) is 2.90. The largest absolute Gasteiger partial charge is 0.472 e. The Morgan fingerprint density at radius 3 is 2.75 bits per heavy atom. The number of carbonyl (C=O) groups is 1. The van der Waals surface area contributed by atoms with Gasteiger partial charge in [0.2, 0.25) is 5.88 Å². The number of rotatable bonds is 8. The first-order valence-electron chi connectivity index (χ1n) is 8.22. The molecule has 0 aliphatic carbocycles. The third-order valence-corrected chi connectivity index (χ3v) is 3.49. The molecule has 2 aromatic rings. The van der Waals surface area contributed by atoms with E-state index in [9.17, 15) is 4.79 Å². The highest BCUT2D eigenvalue weighted by molar-refractivity contribution is 5.92. The van der Waals surface area contributed by atoms with Crippen LogP contribution in [-0.2, 0) is 13.0 Å². The van der Waals surface area contributed by atoms with Crippen LogP contribution in [0.1, 0.15) is 61.1 Å². The Labute approximate surface area is 141 Å². The Hall–Kier alpha value is -2.44. The fraction of sp³-hybridized carbons (Fsp3) is 0.529. The van der Waals surface area contributed by atoms with Gasteiger partial charge in [0.1, 0.15) is 12.4 Å². The van der Waals surface area contributed by atoms with Gasteiger partial charge in [-0.15, -0.1) is 10.2 Å². The van der Waals surface area contributed by atoms with Gasteiger partial charge in [0, 0.05) is 12.1 Å². The predicted molar refractivity (Wildman–Crippen MR) is 88.8 cm³/mol. The lowest BCUT2D eigenvalue weighted by Crippen LogP contribution is -2.30. The highest BCUT2D eigenvalue weighted by atomic mass is 16.5. The number of ether oxygens (including phenoxy) is 1. The van der Waals surface area contributed by atoms with Gasteiger partial charge in [-0.2, -0.15) is 0 Å². The molecule has 0 atom stereocenters. The van der Waals surface area contributed by atoms with Crippen LogP contribution in [-0.4, -0.2) is 27.3 Å². The molecule has 7 heteroatoms. The molecule has 130 valence electrons. The van der Waals surface area contributed by atoms with Crippen molar-refractivity contribution in [2.75, 3.05) is 0 Å². The van der Waals surface area contributed by atoms with E-state index in [0.29, 0.717) is 12.5 Å². The first-order chi connectivity index (χ1) is 11.5. The van der Waals surface area contributed by atoms with Crippen LogP contribution in [0.3, 0.4) is 0 Å². The lowest BCUT2D eigenvalue weighted by Gasteiger charge is -2.08. The van der Waals surface area contributed by atoms with Crippen molar-refractivity contribution in [3.05, 3.63) is 34.8 Å². The molecule has 2 rings (SSSR count). The highest BCUT2D eigenvalue weighted by Crippen LogP contribution is 2.18. The normalized spacial score (nSPS) is 10.9. The number of nitrogens with zero attached hydrogens (tertiary/aromatic N) is 3. The Kier molecular flexibility index (Phi) is 6.28. The Balaban J connectivity index is 1.98. The van der Waals surface area contributed by atoms with Gasteiger partial charge in [-0.1, -0.05) is 18.5 Å². The van der Waals surface area contributed by atoms with Crippen LogP contribution in [0.25, 0.3) is 0 Å². The lowest BCUT2D eigenvalue weighted by molar-refractivity contribution is 0.0936. The van der Waals surface area contributed by atoms with Crippen molar-refractivity contribution >= 4 is 5.91 Å². The van der Waals surface area contributed by atoms with Crippen molar-refractivity contribution in [2.24, 2.45) is 0 Å². The van der Waals surface area contributed by atoms with Crippen LogP contribution in [0, 0.1) is 6.92 Å². The zero-order chi connectivity index (χ0) is 17.5. The molecule has 0 aromatic carbocycles. The topological polar surface area (TPSA) is 90.1 Å². The number of hydrogen-bond acceptors (Lipinski definition) is 6. The molecule has 0 aliphatic heterocycles. The summed E-state index contributed by atoms with van der Waals surface area (Å²) >= 11 is 0. The zero-order valence-electron chi connectivity index (χ0n) is 14.6. The molecule has 1 N–H and O–H groups in total. The Morgan fingerprint density at radius 1 is 1.33 bits per heavy atom. The van der Waals surface area contributed by atoms with Gasteiger partial charge in [-0.3, -0.25) is 4.79 Å². The minimum absolute atomic E-state index is 0.0494. The van der Waals surface area contributed by atoms with E-state index in [4.69, 9.17) is 9.26 Å². The van der Waals surface area contributed by atoms with Crippen LogP contribution >= 0.6 is 0 Å². The van der Waals surface area contributed by atoms with Crippen LogP contribution in [0.2, 0.25) is 0 Å². The molecular formula is C17H24N4O3. The SMILES string of the molecule is CCCCc1noc(C)c1COc1ccc(C(=O)NC(C)C)nn1. The average molecular weight is 332 g/mol. The van der Waals surface area contributed by atoms with E-state index in [1.54, 1.807) is 12.1 Å². The number of unbranched alkanes of at least 4 members (excludes halogenated alkanes) is 1. The maximum Gasteiger partial charge on any atom is 0.272 e. The van der Waals surface area contributed by atoms with Crippen LogP contribution in [0.15, 0.2) is 16.7 Å². The molecule has 0 saturated heterocycles. The maximum absolute atomic E-state index is 11.8. The van der Waals surface area contributed by atoms with Gasteiger partial charge >= 0.3 is 0 Å². The van der Waals surface area contributed by atoms with E-state index in [1.165, 1.54) is 0 Å². The summed E-state index contributed by atoms with van der Waals surface area (Å²) in [5.74, 6) is 0.862. The standard InChI is InChI=1S/C17H24N4O3/c1-5-6-7-14-13(12(4)24-21-14)10-23-16-9-8-15(19-20-16)17(22)18-11(2)3/h8-9,11H,5-7,10H2,1-4H3,(H,18,22). The third-order valence-electron chi connectivity index (χ3n) is 3.49. The minimum Gasteiger partial charge on any atom is -0.472 e. The molecule has 0 spiro atoms. The molecular weight excluding hydrogens is 308 g/mol. The second-order valence-corrected chi connectivity index (χ2v) is 5.94. The maximum atomic E-state index is 11.8. The Morgan fingerprint density at radius 2 is 2.12 bits per heavy atom. The first kappa shape index (κ1) is 17.9.